The van der Waals surface area contributed by atoms with Crippen molar-refractivity contribution in [1.82, 2.24) is 0 Å². The van der Waals surface area contributed by atoms with Crippen molar-refractivity contribution in [3.63, 3.8) is 0 Å². The molecule has 4 N–H and O–H groups in total. The highest BCUT2D eigenvalue weighted by Gasteiger charge is 2.51. The molecule has 2 aliphatic rings. The molecule has 2 atom stereocenters. The Balaban J connectivity index is 1.70. The summed E-state index contributed by atoms with van der Waals surface area (Å²) < 4.78 is 79.1. The number of nitrogens with zero attached hydrogens (tertiary/aromatic N) is 1. The van der Waals surface area contributed by atoms with Crippen LogP contribution in [0, 0.1) is 11.8 Å². The fourth-order valence-corrected chi connectivity index (χ4v) is 8.39. The third-order valence-electron chi connectivity index (χ3n) is 7.00. The van der Waals surface area contributed by atoms with E-state index in [1.165, 1.54) is 12.1 Å². The number of carbonyl (C=O) groups is 2. The highest BCUT2D eigenvalue weighted by molar-refractivity contribution is 7.95. The number of hydrogen-bond acceptors (Lipinski definition) is 9. The minimum Gasteiger partial charge on any atom is -0.341 e. The minimum atomic E-state index is -4.47. The zero-order chi connectivity index (χ0) is 29.7. The predicted octanol–water partition coefficient (Wildman–Crippen LogP) is 2.01. The molecule has 0 amide bonds. The number of sulfonamides is 3. The number of amidine groups is 1. The summed E-state index contributed by atoms with van der Waals surface area (Å²) in [6, 6.07) is 10.3. The van der Waals surface area contributed by atoms with E-state index < -0.39 is 64.5 Å². The number of anilines is 2. The SMILES string of the molecule is CC(C)CC[C@@]1(C)C(=O)C(C2=NS(=O)(=O)c3cc(NS(=O)(=O)CCS(N)(=O)=O)ccc3N2)C(=O)c2ccccc21. The highest BCUT2D eigenvalue weighted by atomic mass is 32.2. The van der Waals surface area contributed by atoms with Crippen molar-refractivity contribution in [1.29, 1.82) is 0 Å². The molecule has 2 aromatic carbocycles. The number of carbonyl (C=O) groups excluding carboxylic acids is 2. The average Bonchev–Trinajstić information content (AvgIpc) is 2.85. The molecule has 0 radical (unpaired) electrons. The molecule has 0 bridgehead atoms. The van der Waals surface area contributed by atoms with E-state index in [1.54, 1.807) is 31.2 Å². The first kappa shape index (κ1) is 29.8. The molecule has 0 saturated heterocycles. The molecule has 1 aliphatic carbocycles. The normalized spacial score (nSPS) is 22.2. The molecule has 40 heavy (non-hydrogen) atoms. The molecule has 0 fully saturated rings. The number of benzene rings is 2. The summed E-state index contributed by atoms with van der Waals surface area (Å²) in [4.78, 5) is 27.1. The van der Waals surface area contributed by atoms with Gasteiger partial charge in [0.2, 0.25) is 20.0 Å². The fraction of sp³-hybridized carbons (Fsp3) is 0.400. The summed E-state index contributed by atoms with van der Waals surface area (Å²) in [6.45, 7) is 5.81. The van der Waals surface area contributed by atoms with E-state index in [9.17, 15) is 34.8 Å². The van der Waals surface area contributed by atoms with Crippen LogP contribution in [0.5, 0.6) is 0 Å². The van der Waals surface area contributed by atoms with E-state index in [-0.39, 0.29) is 28.0 Å². The highest BCUT2D eigenvalue weighted by Crippen LogP contribution is 2.43. The van der Waals surface area contributed by atoms with Gasteiger partial charge in [0, 0.05) is 11.3 Å². The first-order valence-corrected chi connectivity index (χ1v) is 17.2. The van der Waals surface area contributed by atoms with E-state index in [1.807, 2.05) is 13.8 Å². The van der Waals surface area contributed by atoms with E-state index in [0.717, 1.165) is 6.07 Å². The smallest absolute Gasteiger partial charge is 0.286 e. The average molecular weight is 611 g/mol. The molecule has 1 aliphatic heterocycles. The van der Waals surface area contributed by atoms with Crippen LogP contribution in [0.1, 0.15) is 49.5 Å². The van der Waals surface area contributed by atoms with Crippen molar-refractivity contribution < 1.29 is 34.8 Å². The maximum Gasteiger partial charge on any atom is 0.286 e. The second kappa shape index (κ2) is 10.4. The van der Waals surface area contributed by atoms with Gasteiger partial charge in [-0.15, -0.1) is 4.40 Å². The molecular formula is C25H30N4O8S3. The summed E-state index contributed by atoms with van der Waals surface area (Å²) in [5.74, 6) is -4.20. The van der Waals surface area contributed by atoms with Gasteiger partial charge in [-0.05, 0) is 49.4 Å². The first-order chi connectivity index (χ1) is 18.4. The molecule has 12 nitrogen and oxygen atoms in total. The lowest BCUT2D eigenvalue weighted by Crippen LogP contribution is -2.51. The van der Waals surface area contributed by atoms with Crippen molar-refractivity contribution in [2.45, 2.75) is 43.9 Å². The van der Waals surface area contributed by atoms with Crippen molar-refractivity contribution in [3.05, 3.63) is 53.6 Å². The van der Waals surface area contributed by atoms with Gasteiger partial charge in [-0.25, -0.2) is 22.0 Å². The van der Waals surface area contributed by atoms with Crippen LogP contribution < -0.4 is 15.2 Å². The zero-order valence-electron chi connectivity index (χ0n) is 22.0. The Bertz CT molecular complexity index is 1750. The molecule has 0 saturated carbocycles. The van der Waals surface area contributed by atoms with Crippen LogP contribution in [0.4, 0.5) is 11.4 Å². The van der Waals surface area contributed by atoms with Crippen LogP contribution >= 0.6 is 0 Å². The Morgan fingerprint density at radius 1 is 1.07 bits per heavy atom. The molecule has 2 aromatic rings. The number of ketones is 2. The number of rotatable bonds is 9. The Morgan fingerprint density at radius 3 is 2.40 bits per heavy atom. The lowest BCUT2D eigenvalue weighted by Gasteiger charge is -2.39. The summed E-state index contributed by atoms with van der Waals surface area (Å²) >= 11 is 0. The van der Waals surface area contributed by atoms with Crippen molar-refractivity contribution in [2.24, 2.45) is 21.4 Å². The van der Waals surface area contributed by atoms with E-state index in [0.29, 0.717) is 24.0 Å². The molecule has 0 spiro atoms. The van der Waals surface area contributed by atoms with Crippen LogP contribution in [0.25, 0.3) is 0 Å². The minimum absolute atomic E-state index is 0.000765. The van der Waals surface area contributed by atoms with Gasteiger partial charge in [-0.2, -0.15) is 8.42 Å². The molecule has 0 aromatic heterocycles. The van der Waals surface area contributed by atoms with Crippen molar-refractivity contribution in [3.8, 4) is 0 Å². The summed E-state index contributed by atoms with van der Waals surface area (Å²) in [7, 11) is -12.7. The molecule has 216 valence electrons. The van der Waals surface area contributed by atoms with Crippen LogP contribution in [0.2, 0.25) is 0 Å². The topological polar surface area (TPSA) is 199 Å². The standard InChI is InChI=1S/C25H30N4O8S3/c1-15(2)10-11-25(3)18-7-5-4-6-17(18)22(30)21(23(25)31)24-27-19-9-8-16(14-20(19)40(36,37)29-24)28-39(34,35)13-12-38(26,32)33/h4-9,14-15,21,28H,10-13H2,1-3H3,(H,27,29)(H2,26,32,33)/t21?,25-/m1/s1. The maximum atomic E-state index is 13.9. The lowest BCUT2D eigenvalue weighted by molar-refractivity contribution is -0.125. The second-order valence-corrected chi connectivity index (χ2v) is 15.7. The van der Waals surface area contributed by atoms with Crippen molar-refractivity contribution >= 4 is 58.8 Å². The van der Waals surface area contributed by atoms with Gasteiger partial charge in [0.25, 0.3) is 10.0 Å². The Hall–Kier alpha value is -3.14. The molecule has 1 heterocycles. The third-order valence-corrected chi connectivity index (χ3v) is 10.7. The van der Waals surface area contributed by atoms with Gasteiger partial charge in [-0.3, -0.25) is 14.3 Å². The Kier molecular flexibility index (Phi) is 7.73. The number of hydrogen-bond donors (Lipinski definition) is 3. The Morgan fingerprint density at radius 2 is 1.75 bits per heavy atom. The monoisotopic (exact) mass is 610 g/mol. The summed E-state index contributed by atoms with van der Waals surface area (Å²) in [6.07, 6.45) is 1.16. The number of nitrogens with one attached hydrogen (secondary N) is 2. The zero-order valence-corrected chi connectivity index (χ0v) is 24.5. The lowest BCUT2D eigenvalue weighted by atomic mass is 9.63. The molecular weight excluding hydrogens is 580 g/mol. The van der Waals surface area contributed by atoms with Gasteiger partial charge in [0.05, 0.1) is 22.6 Å². The molecule has 1 unspecified atom stereocenters. The van der Waals surface area contributed by atoms with E-state index in [4.69, 9.17) is 5.14 Å². The first-order valence-electron chi connectivity index (χ1n) is 12.4. The summed E-state index contributed by atoms with van der Waals surface area (Å²) in [5, 5.41) is 7.67. The number of nitrogens with two attached hydrogens (primary N) is 1. The van der Waals surface area contributed by atoms with Gasteiger partial charge >= 0.3 is 0 Å². The largest absolute Gasteiger partial charge is 0.341 e. The van der Waals surface area contributed by atoms with Gasteiger partial charge in [-0.1, -0.05) is 38.1 Å². The molecule has 15 heteroatoms. The number of primary sulfonamides is 1. The van der Waals surface area contributed by atoms with Gasteiger partial charge in [0.15, 0.2) is 11.6 Å². The number of fused-ring (bicyclic) bond motifs is 2. The van der Waals surface area contributed by atoms with Gasteiger partial charge < -0.3 is 5.32 Å². The third kappa shape index (κ3) is 5.96. The van der Waals surface area contributed by atoms with Crippen LogP contribution in [-0.4, -0.2) is 54.2 Å². The fourth-order valence-electron chi connectivity index (χ4n) is 4.81. The van der Waals surface area contributed by atoms with E-state index >= 15 is 0 Å². The summed E-state index contributed by atoms with van der Waals surface area (Å²) in [5.41, 5.74) is -0.276. The second-order valence-electron chi connectivity index (χ2n) is 10.5. The quantitative estimate of drug-likeness (QED) is 0.355. The van der Waals surface area contributed by atoms with Crippen LogP contribution in [0.3, 0.4) is 0 Å². The van der Waals surface area contributed by atoms with Crippen LogP contribution in [-0.2, 0) is 40.3 Å². The predicted molar refractivity (Wildman–Crippen MR) is 151 cm³/mol. The number of Topliss-reactive ketones (excluding diaryl/α,β-unsaturated/α-hetero) is 2. The van der Waals surface area contributed by atoms with Crippen LogP contribution in [0.15, 0.2) is 51.8 Å². The Labute approximate surface area is 233 Å². The van der Waals surface area contributed by atoms with E-state index in [2.05, 4.69) is 14.4 Å². The molecule has 4 rings (SSSR count). The van der Waals surface area contributed by atoms with Gasteiger partial charge in [0.1, 0.15) is 16.6 Å². The maximum absolute atomic E-state index is 13.9. The van der Waals surface area contributed by atoms with Crippen molar-refractivity contribution in [2.75, 3.05) is 21.5 Å².